The van der Waals surface area contributed by atoms with Crippen molar-refractivity contribution in [1.29, 1.82) is 0 Å². The van der Waals surface area contributed by atoms with Gasteiger partial charge in [-0.1, -0.05) is 58.4 Å². The molecule has 3 aromatic rings. The summed E-state index contributed by atoms with van der Waals surface area (Å²) >= 11 is 3.48. The molecule has 3 aromatic carbocycles. The SMILES string of the molecule is O=C(O)CCc1ccc(/C(Nc2ccc(CN3CCCC3)cc2)=C2/C(=O)Nc3cc(Br)ccc32)cc1. The zero-order valence-electron chi connectivity index (χ0n) is 19.9. The Balaban J connectivity index is 1.48. The molecule has 0 aliphatic carbocycles. The first kappa shape index (κ1) is 24.3. The van der Waals surface area contributed by atoms with Crippen LogP contribution in [-0.2, 0) is 22.6 Å². The summed E-state index contributed by atoms with van der Waals surface area (Å²) in [7, 11) is 0. The van der Waals surface area contributed by atoms with Crippen molar-refractivity contribution in [2.45, 2.75) is 32.2 Å². The number of anilines is 2. The minimum absolute atomic E-state index is 0.0833. The number of halogens is 1. The molecule has 1 saturated heterocycles. The maximum atomic E-state index is 13.1. The van der Waals surface area contributed by atoms with Crippen LogP contribution in [0.3, 0.4) is 0 Å². The summed E-state index contributed by atoms with van der Waals surface area (Å²) in [5.41, 5.74) is 6.87. The molecule has 1 fully saturated rings. The zero-order chi connectivity index (χ0) is 25.1. The summed E-state index contributed by atoms with van der Waals surface area (Å²) in [5.74, 6) is -0.978. The van der Waals surface area contributed by atoms with E-state index in [-0.39, 0.29) is 12.3 Å². The lowest BCUT2D eigenvalue weighted by Gasteiger charge is -2.17. The van der Waals surface area contributed by atoms with E-state index >= 15 is 0 Å². The molecule has 2 heterocycles. The Hall–Kier alpha value is -3.42. The minimum atomic E-state index is -0.817. The van der Waals surface area contributed by atoms with E-state index in [9.17, 15) is 9.59 Å². The monoisotopic (exact) mass is 545 g/mol. The largest absolute Gasteiger partial charge is 0.481 e. The van der Waals surface area contributed by atoms with Crippen molar-refractivity contribution in [1.82, 2.24) is 4.90 Å². The highest BCUT2D eigenvalue weighted by atomic mass is 79.9. The van der Waals surface area contributed by atoms with Crippen LogP contribution < -0.4 is 10.6 Å². The summed E-state index contributed by atoms with van der Waals surface area (Å²) in [4.78, 5) is 26.6. The number of likely N-dealkylation sites (tertiary alicyclic amines) is 1. The van der Waals surface area contributed by atoms with E-state index in [0.717, 1.165) is 52.2 Å². The molecule has 2 aliphatic heterocycles. The second kappa shape index (κ2) is 10.7. The van der Waals surface area contributed by atoms with Gasteiger partial charge in [-0.3, -0.25) is 14.5 Å². The molecule has 0 unspecified atom stereocenters. The number of carboxylic acid groups (broad SMARTS) is 1. The van der Waals surface area contributed by atoms with E-state index in [4.69, 9.17) is 5.11 Å². The fourth-order valence-electron chi connectivity index (χ4n) is 4.80. The number of aryl methyl sites for hydroxylation is 1. The average Bonchev–Trinajstić information content (AvgIpc) is 3.49. The highest BCUT2D eigenvalue weighted by Gasteiger charge is 2.28. The number of fused-ring (bicyclic) bond motifs is 1. The lowest BCUT2D eigenvalue weighted by Crippen LogP contribution is -2.18. The van der Waals surface area contributed by atoms with Gasteiger partial charge in [-0.05, 0) is 73.3 Å². The number of hydrogen-bond acceptors (Lipinski definition) is 4. The Kier molecular flexibility index (Phi) is 7.20. The van der Waals surface area contributed by atoms with Crippen LogP contribution in [0, 0.1) is 0 Å². The highest BCUT2D eigenvalue weighted by Crippen LogP contribution is 2.39. The molecule has 184 valence electrons. The third-order valence-electron chi connectivity index (χ3n) is 6.67. The number of aliphatic carboxylic acids is 1. The second-order valence-electron chi connectivity index (χ2n) is 9.29. The first-order valence-electron chi connectivity index (χ1n) is 12.2. The van der Waals surface area contributed by atoms with Crippen LogP contribution in [0.15, 0.2) is 71.2 Å². The van der Waals surface area contributed by atoms with Crippen molar-refractivity contribution in [3.63, 3.8) is 0 Å². The Morgan fingerprint density at radius 1 is 0.972 bits per heavy atom. The molecular weight excluding hydrogens is 518 g/mol. The van der Waals surface area contributed by atoms with Gasteiger partial charge < -0.3 is 15.7 Å². The fourth-order valence-corrected chi connectivity index (χ4v) is 5.16. The molecule has 7 heteroatoms. The van der Waals surface area contributed by atoms with Crippen LogP contribution in [0.2, 0.25) is 0 Å². The lowest BCUT2D eigenvalue weighted by atomic mass is 9.98. The number of carbonyl (C=O) groups is 2. The van der Waals surface area contributed by atoms with Crippen LogP contribution in [0.5, 0.6) is 0 Å². The molecule has 3 N–H and O–H groups in total. The summed E-state index contributed by atoms with van der Waals surface area (Å²) in [6, 6.07) is 21.9. The molecule has 0 saturated carbocycles. The Bertz CT molecular complexity index is 1310. The van der Waals surface area contributed by atoms with Crippen LogP contribution in [-0.4, -0.2) is 35.0 Å². The number of nitrogens with one attached hydrogen (secondary N) is 2. The molecule has 0 spiro atoms. The normalized spacial score (nSPS) is 16.5. The van der Waals surface area contributed by atoms with Crippen molar-refractivity contribution in [2.75, 3.05) is 23.7 Å². The predicted molar refractivity (Wildman–Crippen MR) is 147 cm³/mol. The van der Waals surface area contributed by atoms with Gasteiger partial charge in [-0.15, -0.1) is 0 Å². The third-order valence-corrected chi connectivity index (χ3v) is 7.17. The first-order chi connectivity index (χ1) is 17.5. The van der Waals surface area contributed by atoms with Gasteiger partial charge in [-0.2, -0.15) is 0 Å². The molecule has 6 nitrogen and oxygen atoms in total. The molecule has 0 atom stereocenters. The van der Waals surface area contributed by atoms with Gasteiger partial charge in [0.2, 0.25) is 0 Å². The average molecular weight is 546 g/mol. The third kappa shape index (κ3) is 5.53. The van der Waals surface area contributed by atoms with Crippen molar-refractivity contribution < 1.29 is 14.7 Å². The Morgan fingerprint density at radius 2 is 1.67 bits per heavy atom. The molecule has 0 radical (unpaired) electrons. The van der Waals surface area contributed by atoms with Crippen LogP contribution in [0.25, 0.3) is 11.3 Å². The molecule has 36 heavy (non-hydrogen) atoms. The van der Waals surface area contributed by atoms with Gasteiger partial charge in [-0.25, -0.2) is 0 Å². The molecule has 2 aliphatic rings. The first-order valence-corrected chi connectivity index (χ1v) is 13.0. The molecule has 0 bridgehead atoms. The van der Waals surface area contributed by atoms with Gasteiger partial charge in [0.15, 0.2) is 0 Å². The maximum absolute atomic E-state index is 13.1. The van der Waals surface area contributed by atoms with Crippen LogP contribution in [0.1, 0.15) is 41.5 Å². The zero-order valence-corrected chi connectivity index (χ0v) is 21.5. The standard InChI is InChI=1S/C29H28BrN3O3/c30-22-10-13-24-25(17-22)32-29(36)27(24)28(21-8-3-19(4-9-21)7-14-26(34)35)31-23-11-5-20(6-12-23)18-33-15-1-2-16-33/h3-6,8-13,17,31H,1-2,7,14-16,18H2,(H,32,36)(H,34,35)/b28-27-. The molecule has 0 aromatic heterocycles. The molecular formula is C29H28BrN3O3. The van der Waals surface area contributed by atoms with Crippen LogP contribution in [0.4, 0.5) is 11.4 Å². The van der Waals surface area contributed by atoms with Gasteiger partial charge in [0.25, 0.3) is 5.91 Å². The van der Waals surface area contributed by atoms with E-state index in [0.29, 0.717) is 17.7 Å². The quantitative estimate of drug-likeness (QED) is 0.302. The van der Waals surface area contributed by atoms with Crippen molar-refractivity contribution in [2.24, 2.45) is 0 Å². The van der Waals surface area contributed by atoms with E-state index in [1.165, 1.54) is 18.4 Å². The second-order valence-corrected chi connectivity index (χ2v) is 10.2. The van der Waals surface area contributed by atoms with Gasteiger partial charge >= 0.3 is 5.97 Å². The van der Waals surface area contributed by atoms with Gasteiger partial charge in [0.1, 0.15) is 0 Å². The number of amides is 1. The van der Waals surface area contributed by atoms with E-state index in [1.807, 2.05) is 42.5 Å². The van der Waals surface area contributed by atoms with Crippen molar-refractivity contribution in [3.05, 3.63) is 93.5 Å². The van der Waals surface area contributed by atoms with E-state index in [2.05, 4.69) is 55.7 Å². The van der Waals surface area contributed by atoms with Gasteiger partial charge in [0, 0.05) is 28.7 Å². The van der Waals surface area contributed by atoms with E-state index in [1.54, 1.807) is 0 Å². The summed E-state index contributed by atoms with van der Waals surface area (Å²) in [5, 5.41) is 15.5. The van der Waals surface area contributed by atoms with Crippen LogP contribution >= 0.6 is 15.9 Å². The Labute approximate surface area is 219 Å². The molecule has 5 rings (SSSR count). The predicted octanol–water partition coefficient (Wildman–Crippen LogP) is 5.99. The van der Waals surface area contributed by atoms with Gasteiger partial charge in [0.05, 0.1) is 17.0 Å². The van der Waals surface area contributed by atoms with E-state index < -0.39 is 5.97 Å². The number of nitrogens with zero attached hydrogens (tertiary/aromatic N) is 1. The number of rotatable bonds is 8. The number of carbonyl (C=O) groups excluding carboxylic acids is 1. The topological polar surface area (TPSA) is 81.7 Å². The summed E-state index contributed by atoms with van der Waals surface area (Å²) in [6.45, 7) is 3.27. The Morgan fingerprint density at radius 3 is 2.36 bits per heavy atom. The summed E-state index contributed by atoms with van der Waals surface area (Å²) < 4.78 is 0.897. The maximum Gasteiger partial charge on any atom is 0.303 e. The fraction of sp³-hybridized carbons (Fsp3) is 0.241. The highest BCUT2D eigenvalue weighted by molar-refractivity contribution is 9.10. The lowest BCUT2D eigenvalue weighted by molar-refractivity contribution is -0.137. The smallest absolute Gasteiger partial charge is 0.303 e. The number of carboxylic acids is 1. The van der Waals surface area contributed by atoms with Crippen molar-refractivity contribution >= 4 is 50.5 Å². The van der Waals surface area contributed by atoms with Crippen molar-refractivity contribution in [3.8, 4) is 0 Å². The molecule has 1 amide bonds. The minimum Gasteiger partial charge on any atom is -0.481 e. The number of hydrogen-bond donors (Lipinski definition) is 3. The summed E-state index contributed by atoms with van der Waals surface area (Å²) in [6.07, 6.45) is 3.09. The number of benzene rings is 3.